The summed E-state index contributed by atoms with van der Waals surface area (Å²) in [5, 5.41) is 7.98. The highest BCUT2D eigenvalue weighted by Gasteiger charge is 2.10. The van der Waals surface area contributed by atoms with Gasteiger partial charge < -0.3 is 0 Å². The molecule has 0 fully saturated rings. The van der Waals surface area contributed by atoms with Gasteiger partial charge >= 0.3 is 0 Å². The SMILES string of the molecule is Cc1cscc1C(=O)Cc1ccsc1. The van der Waals surface area contributed by atoms with E-state index in [1.807, 2.05) is 34.5 Å². The van der Waals surface area contributed by atoms with Gasteiger partial charge in [0.25, 0.3) is 0 Å². The lowest BCUT2D eigenvalue weighted by atomic mass is 10.1. The minimum absolute atomic E-state index is 0.224. The highest BCUT2D eigenvalue weighted by atomic mass is 32.1. The Labute approximate surface area is 91.0 Å². The van der Waals surface area contributed by atoms with E-state index in [9.17, 15) is 4.79 Å². The number of ketones is 1. The third-order valence-corrected chi connectivity index (χ3v) is 3.69. The largest absolute Gasteiger partial charge is 0.294 e. The van der Waals surface area contributed by atoms with E-state index in [4.69, 9.17) is 0 Å². The Morgan fingerprint density at radius 2 is 2.14 bits per heavy atom. The summed E-state index contributed by atoms with van der Waals surface area (Å²) in [4.78, 5) is 11.8. The number of carbonyl (C=O) groups is 1. The third kappa shape index (κ3) is 1.94. The first kappa shape index (κ1) is 9.62. The molecule has 14 heavy (non-hydrogen) atoms. The maximum atomic E-state index is 11.8. The molecule has 0 bridgehead atoms. The second kappa shape index (κ2) is 4.07. The van der Waals surface area contributed by atoms with Crippen molar-refractivity contribution in [1.82, 2.24) is 0 Å². The van der Waals surface area contributed by atoms with Crippen molar-refractivity contribution in [3.05, 3.63) is 44.3 Å². The van der Waals surface area contributed by atoms with E-state index in [2.05, 4.69) is 0 Å². The van der Waals surface area contributed by atoms with Gasteiger partial charge in [-0.25, -0.2) is 0 Å². The third-order valence-electron chi connectivity index (χ3n) is 2.10. The minimum atomic E-state index is 0.224. The van der Waals surface area contributed by atoms with E-state index >= 15 is 0 Å². The van der Waals surface area contributed by atoms with Crippen LogP contribution in [0.5, 0.6) is 0 Å². The maximum Gasteiger partial charge on any atom is 0.168 e. The van der Waals surface area contributed by atoms with E-state index < -0.39 is 0 Å². The zero-order valence-electron chi connectivity index (χ0n) is 7.82. The van der Waals surface area contributed by atoms with Crippen LogP contribution in [-0.4, -0.2) is 5.78 Å². The first-order valence-corrected chi connectivity index (χ1v) is 6.23. The van der Waals surface area contributed by atoms with Gasteiger partial charge in [-0.2, -0.15) is 22.7 Å². The molecule has 0 amide bonds. The van der Waals surface area contributed by atoms with Crippen LogP contribution in [0.3, 0.4) is 0 Å². The molecule has 0 aromatic carbocycles. The van der Waals surface area contributed by atoms with Crippen molar-refractivity contribution in [3.63, 3.8) is 0 Å². The topological polar surface area (TPSA) is 17.1 Å². The normalized spacial score (nSPS) is 10.4. The molecule has 2 aromatic rings. The van der Waals surface area contributed by atoms with E-state index in [1.165, 1.54) is 0 Å². The second-order valence-electron chi connectivity index (χ2n) is 3.20. The molecule has 2 aromatic heterocycles. The molecular weight excluding hydrogens is 212 g/mol. The summed E-state index contributed by atoms with van der Waals surface area (Å²) in [5.41, 5.74) is 3.09. The number of hydrogen-bond donors (Lipinski definition) is 0. The monoisotopic (exact) mass is 222 g/mol. The maximum absolute atomic E-state index is 11.8. The number of rotatable bonds is 3. The van der Waals surface area contributed by atoms with Gasteiger partial charge in [0, 0.05) is 17.4 Å². The van der Waals surface area contributed by atoms with E-state index in [1.54, 1.807) is 22.7 Å². The van der Waals surface area contributed by atoms with Crippen molar-refractivity contribution in [2.75, 3.05) is 0 Å². The van der Waals surface area contributed by atoms with Gasteiger partial charge in [-0.1, -0.05) is 0 Å². The number of Topliss-reactive ketones (excluding diaryl/α,β-unsaturated/α-hetero) is 1. The van der Waals surface area contributed by atoms with E-state index in [0.29, 0.717) is 6.42 Å². The predicted molar refractivity (Wildman–Crippen MR) is 61.4 cm³/mol. The van der Waals surface area contributed by atoms with Gasteiger partial charge in [0.2, 0.25) is 0 Å². The van der Waals surface area contributed by atoms with E-state index in [-0.39, 0.29) is 5.78 Å². The molecule has 2 heterocycles. The van der Waals surface area contributed by atoms with Gasteiger partial charge in [0.15, 0.2) is 5.78 Å². The van der Waals surface area contributed by atoms with Crippen molar-refractivity contribution in [3.8, 4) is 0 Å². The van der Waals surface area contributed by atoms with Gasteiger partial charge in [-0.05, 0) is 40.3 Å². The molecule has 3 heteroatoms. The van der Waals surface area contributed by atoms with Crippen molar-refractivity contribution in [1.29, 1.82) is 0 Å². The summed E-state index contributed by atoms with van der Waals surface area (Å²) in [6.07, 6.45) is 0.529. The zero-order chi connectivity index (χ0) is 9.97. The van der Waals surface area contributed by atoms with Crippen LogP contribution >= 0.6 is 22.7 Å². The lowest BCUT2D eigenvalue weighted by molar-refractivity contribution is 0.0993. The quantitative estimate of drug-likeness (QED) is 0.726. The Bertz CT molecular complexity index is 426. The molecule has 0 radical (unpaired) electrons. The first-order chi connectivity index (χ1) is 6.77. The van der Waals surface area contributed by atoms with Gasteiger partial charge in [0.05, 0.1) is 0 Å². The Morgan fingerprint density at radius 1 is 1.29 bits per heavy atom. The number of thiophene rings is 2. The van der Waals surface area contributed by atoms with Crippen LogP contribution in [0.1, 0.15) is 21.5 Å². The molecule has 2 rings (SSSR count). The standard InChI is InChI=1S/C11H10OS2/c1-8-5-14-7-10(8)11(12)4-9-2-3-13-6-9/h2-3,5-7H,4H2,1H3. The van der Waals surface area contributed by atoms with Crippen LogP contribution in [0.15, 0.2) is 27.6 Å². The lowest BCUT2D eigenvalue weighted by Gasteiger charge is -1.97. The Kier molecular flexibility index (Phi) is 2.79. The number of hydrogen-bond acceptors (Lipinski definition) is 3. The molecule has 0 N–H and O–H groups in total. The second-order valence-corrected chi connectivity index (χ2v) is 4.72. The molecule has 1 nitrogen and oxygen atoms in total. The number of carbonyl (C=O) groups excluding carboxylic acids is 1. The fourth-order valence-corrected chi connectivity index (χ4v) is 2.84. The summed E-state index contributed by atoms with van der Waals surface area (Å²) in [7, 11) is 0. The highest BCUT2D eigenvalue weighted by molar-refractivity contribution is 7.08. The molecule has 0 aliphatic heterocycles. The summed E-state index contributed by atoms with van der Waals surface area (Å²) in [6.45, 7) is 1.98. The average Bonchev–Trinajstić information content (AvgIpc) is 2.75. The molecule has 0 spiro atoms. The Balaban J connectivity index is 2.14. The highest BCUT2D eigenvalue weighted by Crippen LogP contribution is 2.17. The molecule has 0 saturated carbocycles. The zero-order valence-corrected chi connectivity index (χ0v) is 9.45. The fraction of sp³-hybridized carbons (Fsp3) is 0.182. The first-order valence-electron chi connectivity index (χ1n) is 4.34. The minimum Gasteiger partial charge on any atom is -0.294 e. The molecule has 0 atom stereocenters. The van der Waals surface area contributed by atoms with Crippen molar-refractivity contribution in [2.45, 2.75) is 13.3 Å². The van der Waals surface area contributed by atoms with Gasteiger partial charge in [-0.3, -0.25) is 4.79 Å². The van der Waals surface area contributed by atoms with Crippen molar-refractivity contribution >= 4 is 28.5 Å². The molecule has 0 aliphatic rings. The van der Waals surface area contributed by atoms with Crippen LogP contribution in [0, 0.1) is 6.92 Å². The van der Waals surface area contributed by atoms with Crippen molar-refractivity contribution < 1.29 is 4.79 Å². The molecule has 0 aliphatic carbocycles. The van der Waals surface area contributed by atoms with Crippen molar-refractivity contribution in [2.24, 2.45) is 0 Å². The fourth-order valence-electron chi connectivity index (χ4n) is 1.32. The van der Waals surface area contributed by atoms with Crippen LogP contribution in [-0.2, 0) is 6.42 Å². The summed E-state index contributed by atoms with van der Waals surface area (Å²) in [6, 6.07) is 2.00. The molecular formula is C11H10OS2. The lowest BCUT2D eigenvalue weighted by Crippen LogP contribution is -2.02. The number of aryl methyl sites for hydroxylation is 1. The predicted octanol–water partition coefficient (Wildman–Crippen LogP) is 3.54. The summed E-state index contributed by atoms with van der Waals surface area (Å²) < 4.78 is 0. The molecule has 0 unspecified atom stereocenters. The van der Waals surface area contributed by atoms with Gasteiger partial charge in [0.1, 0.15) is 0 Å². The van der Waals surface area contributed by atoms with Crippen LogP contribution in [0.2, 0.25) is 0 Å². The Hall–Kier alpha value is -0.930. The summed E-state index contributed by atoms with van der Waals surface area (Å²) in [5.74, 6) is 0.224. The van der Waals surface area contributed by atoms with E-state index in [0.717, 1.165) is 16.7 Å². The van der Waals surface area contributed by atoms with Gasteiger partial charge in [-0.15, -0.1) is 0 Å². The van der Waals surface area contributed by atoms with Crippen LogP contribution in [0.25, 0.3) is 0 Å². The molecule has 0 saturated heterocycles. The smallest absolute Gasteiger partial charge is 0.168 e. The van der Waals surface area contributed by atoms with Crippen LogP contribution < -0.4 is 0 Å². The summed E-state index contributed by atoms with van der Waals surface area (Å²) >= 11 is 3.22. The van der Waals surface area contributed by atoms with Crippen LogP contribution in [0.4, 0.5) is 0 Å². The Morgan fingerprint density at radius 3 is 2.71 bits per heavy atom. The average molecular weight is 222 g/mol. The molecule has 72 valence electrons.